The molecule has 2 atom stereocenters. The Morgan fingerprint density at radius 2 is 1.58 bits per heavy atom. The molecule has 0 spiro atoms. The molecule has 0 aliphatic rings. The van der Waals surface area contributed by atoms with Crippen molar-refractivity contribution in [2.24, 2.45) is 5.92 Å². The molecule has 38 heavy (non-hydrogen) atoms. The zero-order valence-corrected chi connectivity index (χ0v) is 23.8. The van der Waals surface area contributed by atoms with Crippen LogP contribution in [0.3, 0.4) is 0 Å². The van der Waals surface area contributed by atoms with Crippen LogP contribution in [0.15, 0.2) is 42.5 Å². The number of phenolic OH excluding ortho intramolecular Hbond substituents is 1. The maximum atomic E-state index is 14.1. The second kappa shape index (κ2) is 12.7. The fourth-order valence-corrected chi connectivity index (χ4v) is 3.99. The van der Waals surface area contributed by atoms with E-state index in [0.29, 0.717) is 17.0 Å². The van der Waals surface area contributed by atoms with E-state index in [1.54, 1.807) is 105 Å². The van der Waals surface area contributed by atoms with Crippen LogP contribution in [0.1, 0.15) is 65.6 Å². The van der Waals surface area contributed by atoms with Crippen LogP contribution in [0.4, 0.5) is 10.5 Å². The van der Waals surface area contributed by atoms with E-state index in [4.69, 9.17) is 9.47 Å². The highest BCUT2D eigenvalue weighted by Gasteiger charge is 2.40. The van der Waals surface area contributed by atoms with E-state index in [2.05, 4.69) is 10.6 Å². The average molecular weight is 528 g/mol. The molecule has 3 amide bonds. The Morgan fingerprint density at radius 3 is 2.08 bits per heavy atom. The van der Waals surface area contributed by atoms with Gasteiger partial charge in [0.1, 0.15) is 29.2 Å². The lowest BCUT2D eigenvalue weighted by Gasteiger charge is -2.38. The Labute approximate surface area is 225 Å². The lowest BCUT2D eigenvalue weighted by atomic mass is 9.96. The Bertz CT molecular complexity index is 1120. The zero-order valence-electron chi connectivity index (χ0n) is 23.8. The molecule has 9 nitrogen and oxygen atoms in total. The molecule has 0 bridgehead atoms. The average Bonchev–Trinajstić information content (AvgIpc) is 2.81. The van der Waals surface area contributed by atoms with E-state index in [1.807, 2.05) is 0 Å². The number of anilines is 1. The number of nitrogens with one attached hydrogen (secondary N) is 2. The third kappa shape index (κ3) is 7.87. The monoisotopic (exact) mass is 527 g/mol. The molecule has 0 aliphatic heterocycles. The fraction of sp³-hybridized carbons (Fsp3) is 0.483. The normalized spacial score (nSPS) is 13.0. The van der Waals surface area contributed by atoms with Gasteiger partial charge in [-0.15, -0.1) is 0 Å². The SMILES string of the molecule is COc1ccc(NC(=O)C(c2cccc(C)c2O)N(C(=O)C(NC(=O)OC(C)(C)C)C(C)C)C(C)C)cc1. The van der Waals surface area contributed by atoms with Gasteiger partial charge >= 0.3 is 6.09 Å². The van der Waals surface area contributed by atoms with Crippen LogP contribution in [-0.2, 0) is 14.3 Å². The summed E-state index contributed by atoms with van der Waals surface area (Å²) in [5.74, 6) is -0.757. The zero-order chi connectivity index (χ0) is 28.8. The van der Waals surface area contributed by atoms with Gasteiger partial charge in [0.25, 0.3) is 5.91 Å². The lowest BCUT2D eigenvalue weighted by Crippen LogP contribution is -2.56. The molecule has 2 aromatic rings. The molecular formula is C29H41N3O6. The minimum Gasteiger partial charge on any atom is -0.507 e. The van der Waals surface area contributed by atoms with Crippen molar-refractivity contribution < 1.29 is 29.0 Å². The quantitative estimate of drug-likeness (QED) is 0.414. The van der Waals surface area contributed by atoms with E-state index >= 15 is 0 Å². The first-order chi connectivity index (χ1) is 17.7. The Hall–Kier alpha value is -3.75. The van der Waals surface area contributed by atoms with Crippen molar-refractivity contribution in [3.63, 3.8) is 0 Å². The van der Waals surface area contributed by atoms with Crippen molar-refractivity contribution in [1.82, 2.24) is 10.2 Å². The van der Waals surface area contributed by atoms with Gasteiger partial charge in [0.15, 0.2) is 0 Å². The first-order valence-electron chi connectivity index (χ1n) is 12.7. The van der Waals surface area contributed by atoms with Crippen molar-refractivity contribution in [2.45, 2.75) is 79.1 Å². The van der Waals surface area contributed by atoms with E-state index in [0.717, 1.165) is 0 Å². The molecule has 9 heteroatoms. The van der Waals surface area contributed by atoms with Crippen LogP contribution < -0.4 is 15.4 Å². The number of hydrogen-bond acceptors (Lipinski definition) is 6. The third-order valence-corrected chi connectivity index (χ3v) is 5.86. The maximum absolute atomic E-state index is 14.1. The summed E-state index contributed by atoms with van der Waals surface area (Å²) in [6.45, 7) is 14.1. The Kier molecular flexibility index (Phi) is 10.2. The van der Waals surface area contributed by atoms with Gasteiger partial charge in [-0.05, 0) is 77.3 Å². The van der Waals surface area contributed by atoms with Gasteiger partial charge in [0.2, 0.25) is 5.91 Å². The van der Waals surface area contributed by atoms with Crippen LogP contribution >= 0.6 is 0 Å². The first kappa shape index (κ1) is 30.5. The summed E-state index contributed by atoms with van der Waals surface area (Å²) in [6, 6.07) is 9.23. The molecule has 0 aromatic heterocycles. The van der Waals surface area contributed by atoms with Crippen LogP contribution in [-0.4, -0.2) is 52.7 Å². The Morgan fingerprint density at radius 1 is 0.974 bits per heavy atom. The number of alkyl carbamates (subject to hydrolysis) is 1. The largest absolute Gasteiger partial charge is 0.507 e. The number of benzene rings is 2. The summed E-state index contributed by atoms with van der Waals surface area (Å²) in [7, 11) is 1.55. The number of phenols is 1. The van der Waals surface area contributed by atoms with Gasteiger partial charge in [-0.25, -0.2) is 4.79 Å². The highest BCUT2D eigenvalue weighted by molar-refractivity contribution is 5.99. The second-order valence-corrected chi connectivity index (χ2v) is 10.8. The molecule has 3 N–H and O–H groups in total. The third-order valence-electron chi connectivity index (χ3n) is 5.86. The number of carbonyl (C=O) groups excluding carboxylic acids is 3. The van der Waals surface area contributed by atoms with Crippen molar-refractivity contribution >= 4 is 23.6 Å². The number of nitrogens with zero attached hydrogens (tertiary/aromatic N) is 1. The summed E-state index contributed by atoms with van der Waals surface area (Å²) in [5, 5.41) is 16.5. The van der Waals surface area contributed by atoms with Gasteiger partial charge in [0.05, 0.1) is 7.11 Å². The van der Waals surface area contributed by atoms with Gasteiger partial charge in [-0.2, -0.15) is 0 Å². The molecule has 0 heterocycles. The minimum atomic E-state index is -1.19. The summed E-state index contributed by atoms with van der Waals surface area (Å²) >= 11 is 0. The van der Waals surface area contributed by atoms with Crippen molar-refractivity contribution in [3.05, 3.63) is 53.6 Å². The molecule has 0 saturated heterocycles. The standard InChI is InChI=1S/C29H41N3O6/c1-17(2)23(31-28(36)38-29(6,7)8)27(35)32(18(3)4)24(22-12-10-11-19(5)25(22)33)26(34)30-20-13-15-21(37-9)16-14-20/h10-18,23-24,33H,1-9H3,(H,30,34)(H,31,36). The molecule has 0 aliphatic carbocycles. The molecule has 0 saturated carbocycles. The highest BCUT2D eigenvalue weighted by atomic mass is 16.6. The van der Waals surface area contributed by atoms with Crippen molar-refractivity contribution in [2.75, 3.05) is 12.4 Å². The van der Waals surface area contributed by atoms with Crippen LogP contribution in [0.2, 0.25) is 0 Å². The predicted octanol–water partition coefficient (Wildman–Crippen LogP) is 5.18. The second-order valence-electron chi connectivity index (χ2n) is 10.8. The van der Waals surface area contributed by atoms with E-state index in [-0.39, 0.29) is 17.2 Å². The molecule has 208 valence electrons. The van der Waals surface area contributed by atoms with Gasteiger partial charge in [-0.1, -0.05) is 32.0 Å². The van der Waals surface area contributed by atoms with Crippen molar-refractivity contribution in [3.8, 4) is 11.5 Å². The number of ether oxygens (including phenoxy) is 2. The number of hydrogen-bond donors (Lipinski definition) is 3. The first-order valence-corrected chi connectivity index (χ1v) is 12.7. The van der Waals surface area contributed by atoms with Crippen LogP contribution in [0.25, 0.3) is 0 Å². The molecule has 0 radical (unpaired) electrons. The fourth-order valence-electron chi connectivity index (χ4n) is 3.99. The topological polar surface area (TPSA) is 117 Å². The smallest absolute Gasteiger partial charge is 0.408 e. The van der Waals surface area contributed by atoms with Crippen molar-refractivity contribution in [1.29, 1.82) is 0 Å². The summed E-state index contributed by atoms with van der Waals surface area (Å²) in [6.07, 6.45) is -0.731. The molecule has 0 fully saturated rings. The minimum absolute atomic E-state index is 0.0815. The summed E-state index contributed by atoms with van der Waals surface area (Å²) in [5.41, 5.74) is 0.586. The van der Waals surface area contributed by atoms with Crippen LogP contribution in [0, 0.1) is 12.8 Å². The lowest BCUT2D eigenvalue weighted by molar-refractivity contribution is -0.143. The van der Waals surface area contributed by atoms with E-state index in [9.17, 15) is 19.5 Å². The summed E-state index contributed by atoms with van der Waals surface area (Å²) in [4.78, 5) is 41.9. The highest BCUT2D eigenvalue weighted by Crippen LogP contribution is 2.34. The number of rotatable bonds is 9. The maximum Gasteiger partial charge on any atom is 0.408 e. The molecular weight excluding hydrogens is 486 g/mol. The van der Waals surface area contributed by atoms with Crippen LogP contribution in [0.5, 0.6) is 11.5 Å². The van der Waals surface area contributed by atoms with E-state index < -0.39 is 41.6 Å². The van der Waals surface area contributed by atoms with Gasteiger partial charge in [-0.3, -0.25) is 9.59 Å². The number of methoxy groups -OCH3 is 1. The number of para-hydroxylation sites is 1. The molecule has 2 rings (SSSR count). The summed E-state index contributed by atoms with van der Waals surface area (Å²) < 4.78 is 10.6. The number of amides is 3. The predicted molar refractivity (Wildman–Crippen MR) is 147 cm³/mol. The molecule has 2 unspecified atom stereocenters. The van der Waals surface area contributed by atoms with Gasteiger partial charge < -0.3 is 30.1 Å². The number of carbonyl (C=O) groups is 3. The number of aryl methyl sites for hydroxylation is 1. The Balaban J connectivity index is 2.55. The van der Waals surface area contributed by atoms with Gasteiger partial charge in [0, 0.05) is 17.3 Å². The molecule has 2 aromatic carbocycles. The number of aromatic hydroxyl groups is 1. The van der Waals surface area contributed by atoms with E-state index in [1.165, 1.54) is 4.90 Å².